The lowest BCUT2D eigenvalue weighted by Crippen LogP contribution is -2.27. The zero-order chi connectivity index (χ0) is 16.5. The summed E-state index contributed by atoms with van der Waals surface area (Å²) in [5, 5.41) is 9.80. The van der Waals surface area contributed by atoms with Crippen LogP contribution in [0.15, 0.2) is 0 Å². The summed E-state index contributed by atoms with van der Waals surface area (Å²) >= 11 is 0. The van der Waals surface area contributed by atoms with Crippen LogP contribution in [0.2, 0.25) is 0 Å². The molecule has 0 radical (unpaired) electrons. The third-order valence-corrected chi connectivity index (χ3v) is 6.96. The van der Waals surface area contributed by atoms with E-state index in [4.69, 9.17) is 0 Å². The molecule has 2 aliphatic rings. The summed E-state index contributed by atoms with van der Waals surface area (Å²) < 4.78 is 0. The van der Waals surface area contributed by atoms with Crippen LogP contribution < -0.4 is 0 Å². The van der Waals surface area contributed by atoms with Crippen molar-refractivity contribution < 1.29 is 0 Å². The topological polar surface area (TPSA) is 23.8 Å². The number of nitrogens with zero attached hydrogens (tertiary/aromatic N) is 1. The first-order valence-electron chi connectivity index (χ1n) is 10.6. The minimum atomic E-state index is 0.0446. The van der Waals surface area contributed by atoms with Gasteiger partial charge in [0.25, 0.3) is 0 Å². The van der Waals surface area contributed by atoms with Gasteiger partial charge in [-0.05, 0) is 56.3 Å². The summed E-state index contributed by atoms with van der Waals surface area (Å²) in [6, 6.07) is 2.76. The highest BCUT2D eigenvalue weighted by atomic mass is 14.4. The Morgan fingerprint density at radius 2 is 1.35 bits per heavy atom. The van der Waals surface area contributed by atoms with Gasteiger partial charge in [-0.3, -0.25) is 0 Å². The Labute approximate surface area is 145 Å². The van der Waals surface area contributed by atoms with Crippen molar-refractivity contribution in [3.8, 4) is 6.07 Å². The van der Waals surface area contributed by atoms with Crippen LogP contribution in [-0.4, -0.2) is 0 Å². The monoisotopic (exact) mass is 317 g/mol. The smallest absolute Gasteiger partial charge is 0.0689 e. The highest BCUT2D eigenvalue weighted by Crippen LogP contribution is 2.45. The largest absolute Gasteiger partial charge is 0.198 e. The average Bonchev–Trinajstić information content (AvgIpc) is 2.61. The van der Waals surface area contributed by atoms with Gasteiger partial charge in [-0.25, -0.2) is 0 Å². The van der Waals surface area contributed by atoms with Gasteiger partial charge in [0, 0.05) is 0 Å². The van der Waals surface area contributed by atoms with Crippen LogP contribution in [0, 0.1) is 34.5 Å². The van der Waals surface area contributed by atoms with Crippen LogP contribution in [0.5, 0.6) is 0 Å². The van der Waals surface area contributed by atoms with E-state index in [-0.39, 0.29) is 5.41 Å². The van der Waals surface area contributed by atoms with Crippen molar-refractivity contribution in [1.29, 1.82) is 5.26 Å². The third kappa shape index (κ3) is 5.81. The van der Waals surface area contributed by atoms with E-state index >= 15 is 0 Å². The van der Waals surface area contributed by atoms with Gasteiger partial charge in [0.15, 0.2) is 0 Å². The van der Waals surface area contributed by atoms with E-state index in [1.54, 1.807) is 0 Å². The second-order valence-electron chi connectivity index (χ2n) is 8.69. The van der Waals surface area contributed by atoms with Crippen LogP contribution in [-0.2, 0) is 0 Å². The predicted molar refractivity (Wildman–Crippen MR) is 99.1 cm³/mol. The zero-order valence-electron chi connectivity index (χ0n) is 15.8. The van der Waals surface area contributed by atoms with Crippen LogP contribution in [0.3, 0.4) is 0 Å². The van der Waals surface area contributed by atoms with Gasteiger partial charge in [-0.1, -0.05) is 71.6 Å². The number of hydrogen-bond acceptors (Lipinski definition) is 1. The number of rotatable bonds is 8. The molecule has 23 heavy (non-hydrogen) atoms. The zero-order valence-corrected chi connectivity index (χ0v) is 15.8. The summed E-state index contributed by atoms with van der Waals surface area (Å²) in [6.45, 7) is 4.61. The Kier molecular flexibility index (Phi) is 7.94. The van der Waals surface area contributed by atoms with Crippen LogP contribution >= 0.6 is 0 Å². The maximum atomic E-state index is 9.80. The maximum absolute atomic E-state index is 9.80. The average molecular weight is 318 g/mol. The van der Waals surface area contributed by atoms with Gasteiger partial charge in [0.2, 0.25) is 0 Å². The van der Waals surface area contributed by atoms with Crippen molar-refractivity contribution in [2.75, 3.05) is 0 Å². The molecule has 0 aromatic carbocycles. The molecule has 0 spiro atoms. The van der Waals surface area contributed by atoms with E-state index < -0.39 is 0 Å². The molecule has 0 aromatic heterocycles. The van der Waals surface area contributed by atoms with E-state index in [9.17, 15) is 5.26 Å². The Bertz CT molecular complexity index is 351. The first-order chi connectivity index (χ1) is 11.2. The van der Waals surface area contributed by atoms with Gasteiger partial charge in [-0.15, -0.1) is 0 Å². The summed E-state index contributed by atoms with van der Waals surface area (Å²) in [5.74, 6) is 2.85. The number of hydrogen-bond donors (Lipinski definition) is 0. The summed E-state index contributed by atoms with van der Waals surface area (Å²) in [5.41, 5.74) is 0.0446. The quantitative estimate of drug-likeness (QED) is 0.462. The molecule has 2 aliphatic carbocycles. The lowest BCUT2D eigenvalue weighted by atomic mass is 9.66. The van der Waals surface area contributed by atoms with E-state index in [0.29, 0.717) is 0 Å². The van der Waals surface area contributed by atoms with Gasteiger partial charge >= 0.3 is 0 Å². The molecule has 0 N–H and O–H groups in total. The Balaban J connectivity index is 1.71. The highest BCUT2D eigenvalue weighted by molar-refractivity contribution is 5.01. The molecular formula is C22H39N. The van der Waals surface area contributed by atoms with Gasteiger partial charge in [0.1, 0.15) is 0 Å². The molecule has 1 nitrogen and oxygen atoms in total. The number of nitriles is 1. The van der Waals surface area contributed by atoms with Crippen molar-refractivity contribution in [3.05, 3.63) is 0 Å². The third-order valence-electron chi connectivity index (χ3n) is 6.96. The Hall–Kier alpha value is -0.510. The van der Waals surface area contributed by atoms with Crippen LogP contribution in [0.4, 0.5) is 0 Å². The van der Waals surface area contributed by atoms with Crippen molar-refractivity contribution in [1.82, 2.24) is 0 Å². The molecule has 2 saturated carbocycles. The second kappa shape index (κ2) is 9.71. The standard InChI is InChI=1S/C22H39N/c1-3-5-7-20-12-15-22(18-23,16-13-20)17-14-21-10-8-19(6-4-2)9-11-21/h19-21H,3-17H2,1-2H3. The molecule has 132 valence electrons. The van der Waals surface area contributed by atoms with Crippen LogP contribution in [0.1, 0.15) is 110 Å². The fourth-order valence-electron chi connectivity index (χ4n) is 5.13. The Morgan fingerprint density at radius 3 is 1.87 bits per heavy atom. The van der Waals surface area contributed by atoms with E-state index in [0.717, 1.165) is 17.8 Å². The molecule has 0 heterocycles. The van der Waals surface area contributed by atoms with Gasteiger partial charge < -0.3 is 0 Å². The lowest BCUT2D eigenvalue weighted by Gasteiger charge is -2.37. The molecule has 2 rings (SSSR count). The van der Waals surface area contributed by atoms with Crippen molar-refractivity contribution in [3.63, 3.8) is 0 Å². The van der Waals surface area contributed by atoms with Gasteiger partial charge in [0.05, 0.1) is 11.5 Å². The lowest BCUT2D eigenvalue weighted by molar-refractivity contribution is 0.163. The molecule has 0 bridgehead atoms. The molecule has 0 amide bonds. The minimum Gasteiger partial charge on any atom is -0.198 e. The van der Waals surface area contributed by atoms with E-state index in [1.165, 1.54) is 96.3 Å². The van der Waals surface area contributed by atoms with Crippen LogP contribution in [0.25, 0.3) is 0 Å². The maximum Gasteiger partial charge on any atom is 0.0689 e. The molecule has 0 aliphatic heterocycles. The first kappa shape index (κ1) is 18.8. The molecular weight excluding hydrogens is 278 g/mol. The van der Waals surface area contributed by atoms with E-state index in [1.807, 2.05) is 0 Å². The van der Waals surface area contributed by atoms with Crippen molar-refractivity contribution >= 4 is 0 Å². The van der Waals surface area contributed by atoms with Crippen molar-refractivity contribution in [2.24, 2.45) is 23.2 Å². The highest BCUT2D eigenvalue weighted by Gasteiger charge is 2.35. The molecule has 0 aromatic rings. The fourth-order valence-corrected chi connectivity index (χ4v) is 5.13. The van der Waals surface area contributed by atoms with Crippen molar-refractivity contribution in [2.45, 2.75) is 110 Å². The summed E-state index contributed by atoms with van der Waals surface area (Å²) in [7, 11) is 0. The minimum absolute atomic E-state index is 0.0446. The normalized spacial score (nSPS) is 34.9. The first-order valence-corrected chi connectivity index (χ1v) is 10.6. The predicted octanol–water partition coefficient (Wildman–Crippen LogP) is 7.26. The molecule has 1 heteroatoms. The molecule has 0 atom stereocenters. The Morgan fingerprint density at radius 1 is 0.783 bits per heavy atom. The summed E-state index contributed by atoms with van der Waals surface area (Å²) in [6.07, 6.45) is 20.2. The second-order valence-corrected chi connectivity index (χ2v) is 8.69. The molecule has 0 saturated heterocycles. The SMILES string of the molecule is CCCCC1CCC(C#N)(CCC2CCC(CCC)CC2)CC1. The molecule has 0 unspecified atom stereocenters. The fraction of sp³-hybridized carbons (Fsp3) is 0.955. The summed E-state index contributed by atoms with van der Waals surface area (Å²) in [4.78, 5) is 0. The van der Waals surface area contributed by atoms with E-state index in [2.05, 4.69) is 19.9 Å². The van der Waals surface area contributed by atoms with Gasteiger partial charge in [-0.2, -0.15) is 5.26 Å². The molecule has 2 fully saturated rings. The number of unbranched alkanes of at least 4 members (excludes halogenated alkanes) is 1.